The molecule has 1 N–H and O–H groups in total. The predicted octanol–water partition coefficient (Wildman–Crippen LogP) is 3.03. The van der Waals surface area contributed by atoms with E-state index < -0.39 is 11.6 Å². The second-order valence-electron chi connectivity index (χ2n) is 5.16. The molecule has 0 radical (unpaired) electrons. The summed E-state index contributed by atoms with van der Waals surface area (Å²) in [5, 5.41) is 2.82. The van der Waals surface area contributed by atoms with Crippen molar-refractivity contribution < 1.29 is 13.6 Å². The number of hydrogen-bond donors (Lipinski definition) is 1. The lowest BCUT2D eigenvalue weighted by molar-refractivity contribution is -0.119. The van der Waals surface area contributed by atoms with Crippen molar-refractivity contribution in [2.45, 2.75) is 13.5 Å². The molecule has 0 aromatic heterocycles. The van der Waals surface area contributed by atoms with Gasteiger partial charge in [-0.15, -0.1) is 0 Å². The largest absolute Gasteiger partial charge is 0.365 e. The Labute approximate surface area is 128 Å². The van der Waals surface area contributed by atoms with E-state index in [-0.39, 0.29) is 12.5 Å². The van der Waals surface area contributed by atoms with Gasteiger partial charge in [-0.05, 0) is 30.2 Å². The summed E-state index contributed by atoms with van der Waals surface area (Å²) >= 11 is 0. The zero-order chi connectivity index (χ0) is 16.1. The van der Waals surface area contributed by atoms with Crippen LogP contribution in [-0.2, 0) is 11.3 Å². The normalized spacial score (nSPS) is 10.4. The fourth-order valence-corrected chi connectivity index (χ4v) is 2.09. The number of nitrogens with zero attached hydrogens (tertiary/aromatic N) is 1. The molecule has 0 aliphatic rings. The van der Waals surface area contributed by atoms with Crippen LogP contribution in [0.3, 0.4) is 0 Å². The van der Waals surface area contributed by atoms with Gasteiger partial charge in [-0.2, -0.15) is 0 Å². The van der Waals surface area contributed by atoms with Crippen molar-refractivity contribution in [3.63, 3.8) is 0 Å². The highest BCUT2D eigenvalue weighted by Crippen LogP contribution is 2.16. The SMILES string of the molecule is Cc1ccccc1CNC(=O)CN(C)c1ccc(F)c(F)c1. The quantitative estimate of drug-likeness (QED) is 0.921. The number of carbonyl (C=O) groups is 1. The Kier molecular flexibility index (Phi) is 5.09. The van der Waals surface area contributed by atoms with Crippen LogP contribution in [-0.4, -0.2) is 19.5 Å². The molecule has 0 saturated carbocycles. The molecule has 0 unspecified atom stereocenters. The summed E-state index contributed by atoms with van der Waals surface area (Å²) in [4.78, 5) is 13.5. The van der Waals surface area contributed by atoms with Crippen LogP contribution in [0, 0.1) is 18.6 Å². The van der Waals surface area contributed by atoms with Crippen molar-refractivity contribution in [2.75, 3.05) is 18.5 Å². The summed E-state index contributed by atoms with van der Waals surface area (Å²) in [7, 11) is 1.65. The maximum absolute atomic E-state index is 13.2. The molecule has 2 rings (SSSR count). The Morgan fingerprint density at radius 3 is 2.55 bits per heavy atom. The van der Waals surface area contributed by atoms with Crippen molar-refractivity contribution in [1.82, 2.24) is 5.32 Å². The van der Waals surface area contributed by atoms with Crippen molar-refractivity contribution in [2.24, 2.45) is 0 Å². The summed E-state index contributed by atoms with van der Waals surface area (Å²) in [6.45, 7) is 2.49. The minimum atomic E-state index is -0.926. The number of hydrogen-bond acceptors (Lipinski definition) is 2. The highest BCUT2D eigenvalue weighted by Gasteiger charge is 2.10. The fourth-order valence-electron chi connectivity index (χ4n) is 2.09. The molecular formula is C17H18F2N2O. The average Bonchev–Trinajstić information content (AvgIpc) is 2.49. The van der Waals surface area contributed by atoms with E-state index in [0.29, 0.717) is 12.2 Å². The van der Waals surface area contributed by atoms with E-state index in [1.807, 2.05) is 31.2 Å². The molecule has 0 fully saturated rings. The molecule has 0 bridgehead atoms. The van der Waals surface area contributed by atoms with Crippen LogP contribution < -0.4 is 10.2 Å². The van der Waals surface area contributed by atoms with Crippen molar-refractivity contribution in [3.05, 3.63) is 65.2 Å². The highest BCUT2D eigenvalue weighted by atomic mass is 19.2. The third kappa shape index (κ3) is 4.04. The summed E-state index contributed by atoms with van der Waals surface area (Å²) in [6.07, 6.45) is 0. The molecule has 2 aromatic carbocycles. The van der Waals surface area contributed by atoms with Crippen LogP contribution in [0.5, 0.6) is 0 Å². The third-order valence-electron chi connectivity index (χ3n) is 3.46. The van der Waals surface area contributed by atoms with Gasteiger partial charge < -0.3 is 10.2 Å². The lowest BCUT2D eigenvalue weighted by Gasteiger charge is -2.19. The Balaban J connectivity index is 1.91. The summed E-state index contributed by atoms with van der Waals surface area (Å²) in [5.41, 5.74) is 2.60. The number of aryl methyl sites for hydroxylation is 1. The Morgan fingerprint density at radius 2 is 1.86 bits per heavy atom. The summed E-state index contributed by atoms with van der Waals surface area (Å²) in [6, 6.07) is 11.4. The molecule has 22 heavy (non-hydrogen) atoms. The topological polar surface area (TPSA) is 32.3 Å². The monoisotopic (exact) mass is 304 g/mol. The van der Waals surface area contributed by atoms with E-state index >= 15 is 0 Å². The third-order valence-corrected chi connectivity index (χ3v) is 3.46. The van der Waals surface area contributed by atoms with Crippen molar-refractivity contribution >= 4 is 11.6 Å². The van der Waals surface area contributed by atoms with Gasteiger partial charge in [-0.1, -0.05) is 24.3 Å². The zero-order valence-corrected chi connectivity index (χ0v) is 12.6. The molecular weight excluding hydrogens is 286 g/mol. The summed E-state index contributed by atoms with van der Waals surface area (Å²) < 4.78 is 26.1. The minimum absolute atomic E-state index is 0.0664. The standard InChI is InChI=1S/C17H18F2N2O/c1-12-5-3-4-6-13(12)10-20-17(22)11-21(2)14-7-8-15(18)16(19)9-14/h3-9H,10-11H2,1-2H3,(H,20,22). The van der Waals surface area contributed by atoms with Crippen LogP contribution >= 0.6 is 0 Å². The number of halogens is 2. The highest BCUT2D eigenvalue weighted by molar-refractivity contribution is 5.81. The average molecular weight is 304 g/mol. The van der Waals surface area contributed by atoms with Gasteiger partial charge in [0, 0.05) is 25.3 Å². The van der Waals surface area contributed by atoms with E-state index in [1.165, 1.54) is 6.07 Å². The Bertz CT molecular complexity index is 673. The molecule has 3 nitrogen and oxygen atoms in total. The number of nitrogens with one attached hydrogen (secondary N) is 1. The van der Waals surface area contributed by atoms with Gasteiger partial charge in [-0.25, -0.2) is 8.78 Å². The Morgan fingerprint density at radius 1 is 1.14 bits per heavy atom. The second-order valence-corrected chi connectivity index (χ2v) is 5.16. The maximum Gasteiger partial charge on any atom is 0.239 e. The molecule has 0 heterocycles. The van der Waals surface area contributed by atoms with E-state index in [4.69, 9.17) is 0 Å². The van der Waals surface area contributed by atoms with Gasteiger partial charge in [0.2, 0.25) is 5.91 Å². The van der Waals surface area contributed by atoms with E-state index in [2.05, 4.69) is 5.32 Å². The predicted molar refractivity (Wildman–Crippen MR) is 82.7 cm³/mol. The van der Waals surface area contributed by atoms with E-state index in [0.717, 1.165) is 23.3 Å². The molecule has 1 amide bonds. The lowest BCUT2D eigenvalue weighted by Crippen LogP contribution is -2.35. The van der Waals surface area contributed by atoms with Crippen LogP contribution in [0.4, 0.5) is 14.5 Å². The van der Waals surface area contributed by atoms with Gasteiger partial charge in [0.1, 0.15) is 0 Å². The molecule has 116 valence electrons. The molecule has 0 aliphatic carbocycles. The van der Waals surface area contributed by atoms with Crippen molar-refractivity contribution in [3.8, 4) is 0 Å². The number of amides is 1. The van der Waals surface area contributed by atoms with Gasteiger partial charge in [0.05, 0.1) is 6.54 Å². The van der Waals surface area contributed by atoms with Gasteiger partial charge >= 0.3 is 0 Å². The van der Waals surface area contributed by atoms with Gasteiger partial charge in [0.25, 0.3) is 0 Å². The molecule has 0 atom stereocenters. The Hall–Kier alpha value is -2.43. The first kappa shape index (κ1) is 15.9. The second kappa shape index (κ2) is 7.02. The maximum atomic E-state index is 13.2. The van der Waals surface area contributed by atoms with Crippen molar-refractivity contribution in [1.29, 1.82) is 0 Å². The van der Waals surface area contributed by atoms with E-state index in [1.54, 1.807) is 11.9 Å². The molecule has 0 aliphatic heterocycles. The molecule has 0 saturated heterocycles. The number of rotatable bonds is 5. The van der Waals surface area contributed by atoms with Gasteiger partial charge in [-0.3, -0.25) is 4.79 Å². The molecule has 2 aromatic rings. The first-order valence-corrected chi connectivity index (χ1v) is 6.95. The number of anilines is 1. The van der Waals surface area contributed by atoms with Crippen LogP contribution in [0.25, 0.3) is 0 Å². The van der Waals surface area contributed by atoms with Gasteiger partial charge in [0.15, 0.2) is 11.6 Å². The first-order valence-electron chi connectivity index (χ1n) is 6.95. The first-order chi connectivity index (χ1) is 10.5. The van der Waals surface area contributed by atoms with Crippen LogP contribution in [0.15, 0.2) is 42.5 Å². The fraction of sp³-hybridized carbons (Fsp3) is 0.235. The summed E-state index contributed by atoms with van der Waals surface area (Å²) in [5.74, 6) is -2.01. The van der Waals surface area contributed by atoms with Crippen LogP contribution in [0.1, 0.15) is 11.1 Å². The molecule has 5 heteroatoms. The minimum Gasteiger partial charge on any atom is -0.365 e. The lowest BCUT2D eigenvalue weighted by atomic mass is 10.1. The van der Waals surface area contributed by atoms with E-state index in [9.17, 15) is 13.6 Å². The smallest absolute Gasteiger partial charge is 0.239 e. The number of benzene rings is 2. The number of likely N-dealkylation sites (N-methyl/N-ethyl adjacent to an activating group) is 1. The zero-order valence-electron chi connectivity index (χ0n) is 12.6. The number of carbonyl (C=O) groups excluding carboxylic acids is 1. The van der Waals surface area contributed by atoms with Crippen LogP contribution in [0.2, 0.25) is 0 Å². The molecule has 0 spiro atoms.